The Morgan fingerprint density at radius 1 is 1.09 bits per heavy atom. The van der Waals surface area contributed by atoms with E-state index in [1.807, 2.05) is 24.4 Å². The number of carbonyl (C=O) groups excluding carboxylic acids is 1. The first-order valence-corrected chi connectivity index (χ1v) is 12.1. The Hall–Kier alpha value is -3.55. The molecule has 1 N–H and O–H groups in total. The van der Waals surface area contributed by atoms with E-state index in [2.05, 4.69) is 38.4 Å². The fourth-order valence-corrected chi connectivity index (χ4v) is 4.78. The molecule has 0 aliphatic heterocycles. The van der Waals surface area contributed by atoms with Crippen molar-refractivity contribution in [2.45, 2.75) is 44.9 Å². The largest absolute Gasteiger partial charge is 0.451 e. The van der Waals surface area contributed by atoms with Crippen LogP contribution in [0.3, 0.4) is 0 Å². The molecule has 7 nitrogen and oxygen atoms in total. The molecule has 3 aromatic heterocycles. The van der Waals surface area contributed by atoms with Gasteiger partial charge in [0.25, 0.3) is 5.91 Å². The van der Waals surface area contributed by atoms with Gasteiger partial charge in [-0.05, 0) is 48.1 Å². The lowest BCUT2D eigenvalue weighted by Gasteiger charge is -2.34. The van der Waals surface area contributed by atoms with Gasteiger partial charge in [0, 0.05) is 38.2 Å². The average molecular weight is 488 g/mol. The van der Waals surface area contributed by atoms with Gasteiger partial charge in [-0.15, -0.1) is 0 Å². The van der Waals surface area contributed by atoms with E-state index in [1.165, 1.54) is 23.7 Å². The van der Waals surface area contributed by atoms with Crippen molar-refractivity contribution < 1.29 is 9.21 Å². The van der Waals surface area contributed by atoms with Crippen LogP contribution in [-0.2, 0) is 26.1 Å². The number of fused-ring (bicyclic) bond motifs is 1. The monoisotopic (exact) mass is 487 g/mol. The number of amides is 1. The summed E-state index contributed by atoms with van der Waals surface area (Å²) in [7, 11) is 0. The second kappa shape index (κ2) is 10.8. The second-order valence-electron chi connectivity index (χ2n) is 8.70. The van der Waals surface area contributed by atoms with Crippen molar-refractivity contribution in [2.75, 3.05) is 0 Å². The lowest BCUT2D eigenvalue weighted by atomic mass is 9.90. The van der Waals surface area contributed by atoms with E-state index in [4.69, 9.17) is 21.0 Å². The first-order valence-electron chi connectivity index (χ1n) is 11.7. The Kier molecular flexibility index (Phi) is 7.16. The zero-order chi connectivity index (χ0) is 24.0. The predicted molar refractivity (Wildman–Crippen MR) is 133 cm³/mol. The van der Waals surface area contributed by atoms with Gasteiger partial charge in [0.1, 0.15) is 6.26 Å². The minimum atomic E-state index is -0.219. The Labute approximate surface area is 209 Å². The molecule has 4 aromatic rings. The van der Waals surface area contributed by atoms with Crippen molar-refractivity contribution in [3.05, 3.63) is 112 Å². The number of nitrogens with zero attached hydrogens (tertiary/aromatic N) is 4. The first-order chi connectivity index (χ1) is 17.2. The molecule has 0 saturated carbocycles. The van der Waals surface area contributed by atoms with Gasteiger partial charge >= 0.3 is 0 Å². The molecule has 178 valence electrons. The topological polar surface area (TPSA) is 84.2 Å². The van der Waals surface area contributed by atoms with Gasteiger partial charge in [0.05, 0.1) is 28.0 Å². The van der Waals surface area contributed by atoms with Crippen LogP contribution in [0.25, 0.3) is 0 Å². The minimum absolute atomic E-state index is 0.219. The number of pyridine rings is 2. The molecule has 0 saturated heterocycles. The van der Waals surface area contributed by atoms with Crippen LogP contribution in [0.2, 0.25) is 5.02 Å². The summed E-state index contributed by atoms with van der Waals surface area (Å²) in [6, 6.07) is 14.4. The Bertz CT molecular complexity index is 1280. The van der Waals surface area contributed by atoms with Crippen molar-refractivity contribution in [2.24, 2.45) is 0 Å². The molecule has 3 heterocycles. The standard InChI is InChI=1S/C27H26ClN5O2/c28-24-14-29-12-10-23(24)27(34)31-13-19-6-8-20(9-7-19)15-33(16-22-17-35-18-32-22)25-5-1-3-21-4-2-11-30-26(21)25/h2,4,6-12,14,17-18,25H,1,3,5,13,15-16H2,(H,31,34). The van der Waals surface area contributed by atoms with Crippen LogP contribution in [0.1, 0.15) is 57.3 Å². The highest BCUT2D eigenvalue weighted by Gasteiger charge is 2.28. The summed E-state index contributed by atoms with van der Waals surface area (Å²) in [6.07, 6.45) is 11.4. The maximum Gasteiger partial charge on any atom is 0.253 e. The number of benzene rings is 1. The summed E-state index contributed by atoms with van der Waals surface area (Å²) in [5.41, 5.74) is 6.01. The normalized spacial score (nSPS) is 15.1. The first kappa shape index (κ1) is 23.2. The number of rotatable bonds is 8. The number of hydrogen-bond donors (Lipinski definition) is 1. The average Bonchev–Trinajstić information content (AvgIpc) is 3.41. The second-order valence-corrected chi connectivity index (χ2v) is 9.10. The van der Waals surface area contributed by atoms with Crippen molar-refractivity contribution in [1.29, 1.82) is 0 Å². The highest BCUT2D eigenvalue weighted by molar-refractivity contribution is 6.33. The van der Waals surface area contributed by atoms with Crippen molar-refractivity contribution >= 4 is 17.5 Å². The summed E-state index contributed by atoms with van der Waals surface area (Å²) in [5, 5.41) is 3.26. The quantitative estimate of drug-likeness (QED) is 0.371. The Morgan fingerprint density at radius 2 is 1.94 bits per heavy atom. The molecule has 1 unspecified atom stereocenters. The zero-order valence-corrected chi connectivity index (χ0v) is 20.0. The number of oxazole rings is 1. The summed E-state index contributed by atoms with van der Waals surface area (Å²) in [5.74, 6) is -0.219. The number of halogens is 1. The highest BCUT2D eigenvalue weighted by Crippen LogP contribution is 2.34. The van der Waals surface area contributed by atoms with Gasteiger partial charge in [-0.25, -0.2) is 4.98 Å². The van der Waals surface area contributed by atoms with Gasteiger partial charge in [-0.3, -0.25) is 19.7 Å². The smallest absolute Gasteiger partial charge is 0.253 e. The SMILES string of the molecule is O=C(NCc1ccc(CN(Cc2cocn2)C2CCCc3cccnc32)cc1)c1ccncc1Cl. The molecule has 1 aliphatic carbocycles. The lowest BCUT2D eigenvalue weighted by Crippen LogP contribution is -2.31. The number of aromatic nitrogens is 3. The molecule has 0 radical (unpaired) electrons. The van der Waals surface area contributed by atoms with Crippen LogP contribution < -0.4 is 5.32 Å². The summed E-state index contributed by atoms with van der Waals surface area (Å²) in [6.45, 7) is 1.86. The summed E-state index contributed by atoms with van der Waals surface area (Å²) in [4.78, 5) is 27.9. The van der Waals surface area contributed by atoms with Crippen molar-refractivity contribution in [3.63, 3.8) is 0 Å². The van der Waals surface area contributed by atoms with Crippen LogP contribution in [0, 0.1) is 0 Å². The molecule has 1 amide bonds. The van der Waals surface area contributed by atoms with E-state index in [9.17, 15) is 4.79 Å². The fourth-order valence-electron chi connectivity index (χ4n) is 4.57. The van der Waals surface area contributed by atoms with E-state index >= 15 is 0 Å². The van der Waals surface area contributed by atoms with Gasteiger partial charge in [0.15, 0.2) is 6.39 Å². The fraction of sp³-hybridized carbons (Fsp3) is 0.259. The minimum Gasteiger partial charge on any atom is -0.451 e. The summed E-state index contributed by atoms with van der Waals surface area (Å²) >= 11 is 6.07. The van der Waals surface area contributed by atoms with E-state index in [0.717, 1.165) is 42.8 Å². The molecule has 1 aliphatic rings. The van der Waals surface area contributed by atoms with E-state index in [1.54, 1.807) is 18.5 Å². The third kappa shape index (κ3) is 5.58. The third-order valence-corrected chi connectivity index (χ3v) is 6.63. The van der Waals surface area contributed by atoms with Crippen LogP contribution in [0.5, 0.6) is 0 Å². The molecule has 0 spiro atoms. The Morgan fingerprint density at radius 3 is 2.74 bits per heavy atom. The number of aryl methyl sites for hydroxylation is 1. The van der Waals surface area contributed by atoms with Crippen molar-refractivity contribution in [1.82, 2.24) is 25.2 Å². The molecule has 1 aromatic carbocycles. The Balaban J connectivity index is 1.28. The van der Waals surface area contributed by atoms with Crippen molar-refractivity contribution in [3.8, 4) is 0 Å². The van der Waals surface area contributed by atoms with Gasteiger partial charge in [-0.2, -0.15) is 0 Å². The lowest BCUT2D eigenvalue weighted by molar-refractivity contribution is 0.0951. The summed E-state index contributed by atoms with van der Waals surface area (Å²) < 4.78 is 5.22. The van der Waals surface area contributed by atoms with E-state index in [0.29, 0.717) is 23.7 Å². The van der Waals surface area contributed by atoms with Crippen LogP contribution >= 0.6 is 11.6 Å². The molecule has 0 fully saturated rings. The highest BCUT2D eigenvalue weighted by atomic mass is 35.5. The molecule has 0 bridgehead atoms. The zero-order valence-electron chi connectivity index (χ0n) is 19.2. The molecule has 35 heavy (non-hydrogen) atoms. The number of carbonyl (C=O) groups is 1. The third-order valence-electron chi connectivity index (χ3n) is 6.33. The maximum atomic E-state index is 12.4. The van der Waals surface area contributed by atoms with Crippen LogP contribution in [-0.4, -0.2) is 25.8 Å². The molecular formula is C27H26ClN5O2. The van der Waals surface area contributed by atoms with Crippen LogP contribution in [0.4, 0.5) is 0 Å². The predicted octanol–water partition coefficient (Wildman–Crippen LogP) is 5.13. The van der Waals surface area contributed by atoms with Crippen LogP contribution in [0.15, 0.2) is 78.1 Å². The molecule has 8 heteroatoms. The number of hydrogen-bond acceptors (Lipinski definition) is 6. The van der Waals surface area contributed by atoms with Gasteiger partial charge in [0.2, 0.25) is 0 Å². The van der Waals surface area contributed by atoms with E-state index < -0.39 is 0 Å². The van der Waals surface area contributed by atoms with E-state index in [-0.39, 0.29) is 11.9 Å². The van der Waals surface area contributed by atoms with Gasteiger partial charge in [-0.1, -0.05) is 41.9 Å². The molecular weight excluding hydrogens is 462 g/mol. The molecule has 1 atom stereocenters. The maximum absolute atomic E-state index is 12.4. The van der Waals surface area contributed by atoms with Gasteiger partial charge < -0.3 is 9.73 Å². The number of nitrogens with one attached hydrogen (secondary N) is 1. The molecule has 5 rings (SSSR count).